The minimum atomic E-state index is 0.496. The third-order valence-electron chi connectivity index (χ3n) is 2.34. The lowest BCUT2D eigenvalue weighted by molar-refractivity contribution is 0.0315. The lowest BCUT2D eigenvalue weighted by Gasteiger charge is -2.31. The van der Waals surface area contributed by atoms with Gasteiger partial charge in [0.1, 0.15) is 0 Å². The van der Waals surface area contributed by atoms with Crippen LogP contribution in [0.4, 0.5) is 0 Å². The van der Waals surface area contributed by atoms with Crippen molar-refractivity contribution in [1.82, 2.24) is 4.90 Å². The molecule has 2 heteroatoms. The fourth-order valence-electron chi connectivity index (χ4n) is 1.72. The third kappa shape index (κ3) is 2.80. The van der Waals surface area contributed by atoms with Gasteiger partial charge in [0.15, 0.2) is 0 Å². The summed E-state index contributed by atoms with van der Waals surface area (Å²) in [5.41, 5.74) is 0. The lowest BCUT2D eigenvalue weighted by atomic mass is 10.1. The number of ether oxygens (including phenoxy) is 1. The fourth-order valence-corrected chi connectivity index (χ4v) is 1.72. The molecule has 0 aromatic heterocycles. The predicted molar refractivity (Wildman–Crippen MR) is 46.8 cm³/mol. The standard InChI is InChI=1S/C9H19NO/c1-3-6-10-7-4-5-9(8-10)11-2/h9H,3-8H2,1-2H3. The molecule has 2 nitrogen and oxygen atoms in total. The van der Waals surface area contributed by atoms with E-state index in [1.165, 1.54) is 32.4 Å². The monoisotopic (exact) mass is 157 g/mol. The van der Waals surface area contributed by atoms with Gasteiger partial charge in [0.2, 0.25) is 0 Å². The smallest absolute Gasteiger partial charge is 0.0698 e. The van der Waals surface area contributed by atoms with Gasteiger partial charge in [0.05, 0.1) is 6.10 Å². The summed E-state index contributed by atoms with van der Waals surface area (Å²) in [6.07, 6.45) is 4.31. The van der Waals surface area contributed by atoms with Crippen LogP contribution in [0.3, 0.4) is 0 Å². The highest BCUT2D eigenvalue weighted by Crippen LogP contribution is 2.12. The second-order valence-corrected chi connectivity index (χ2v) is 3.30. The molecule has 1 aliphatic rings. The Morgan fingerprint density at radius 3 is 3.00 bits per heavy atom. The number of hydrogen-bond donors (Lipinski definition) is 0. The van der Waals surface area contributed by atoms with Crippen molar-refractivity contribution < 1.29 is 4.74 Å². The Balaban J connectivity index is 2.21. The summed E-state index contributed by atoms with van der Waals surface area (Å²) in [4.78, 5) is 2.50. The van der Waals surface area contributed by atoms with E-state index in [-0.39, 0.29) is 0 Å². The molecule has 0 bridgehead atoms. The van der Waals surface area contributed by atoms with E-state index in [2.05, 4.69) is 11.8 Å². The highest BCUT2D eigenvalue weighted by molar-refractivity contribution is 4.72. The average molecular weight is 157 g/mol. The molecule has 11 heavy (non-hydrogen) atoms. The molecule has 1 saturated heterocycles. The normalized spacial score (nSPS) is 27.3. The molecule has 1 atom stereocenters. The van der Waals surface area contributed by atoms with Gasteiger partial charge in [-0.3, -0.25) is 0 Å². The number of likely N-dealkylation sites (tertiary alicyclic amines) is 1. The molecule has 0 spiro atoms. The van der Waals surface area contributed by atoms with Crippen molar-refractivity contribution in [1.29, 1.82) is 0 Å². The maximum Gasteiger partial charge on any atom is 0.0698 e. The summed E-state index contributed by atoms with van der Waals surface area (Å²) in [6, 6.07) is 0. The summed E-state index contributed by atoms with van der Waals surface area (Å²) in [7, 11) is 1.82. The number of methoxy groups -OCH3 is 1. The van der Waals surface area contributed by atoms with Crippen molar-refractivity contribution in [3.8, 4) is 0 Å². The SMILES string of the molecule is CCCN1CCCC(OC)C1. The van der Waals surface area contributed by atoms with E-state index < -0.39 is 0 Å². The first-order valence-electron chi connectivity index (χ1n) is 4.62. The Morgan fingerprint density at radius 1 is 1.55 bits per heavy atom. The van der Waals surface area contributed by atoms with Crippen molar-refractivity contribution >= 4 is 0 Å². The molecule has 1 aliphatic heterocycles. The van der Waals surface area contributed by atoms with Crippen molar-refractivity contribution in [3.05, 3.63) is 0 Å². The summed E-state index contributed by atoms with van der Waals surface area (Å²) in [5, 5.41) is 0. The van der Waals surface area contributed by atoms with E-state index in [9.17, 15) is 0 Å². The van der Waals surface area contributed by atoms with Crippen LogP contribution in [-0.4, -0.2) is 37.7 Å². The second kappa shape index (κ2) is 4.73. The van der Waals surface area contributed by atoms with E-state index in [0.29, 0.717) is 6.10 Å². The first kappa shape index (κ1) is 9.01. The van der Waals surface area contributed by atoms with Gasteiger partial charge in [-0.1, -0.05) is 6.92 Å². The van der Waals surface area contributed by atoms with E-state index >= 15 is 0 Å². The molecule has 0 radical (unpaired) electrons. The van der Waals surface area contributed by atoms with Crippen LogP contribution in [0, 0.1) is 0 Å². The van der Waals surface area contributed by atoms with E-state index in [0.717, 1.165) is 6.54 Å². The van der Waals surface area contributed by atoms with Crippen LogP contribution in [0.2, 0.25) is 0 Å². The molecule has 1 heterocycles. The van der Waals surface area contributed by atoms with Crippen LogP contribution in [0.5, 0.6) is 0 Å². The molecule has 0 saturated carbocycles. The number of hydrogen-bond acceptors (Lipinski definition) is 2. The van der Waals surface area contributed by atoms with Crippen molar-refractivity contribution in [2.45, 2.75) is 32.3 Å². The van der Waals surface area contributed by atoms with Gasteiger partial charge in [0.25, 0.3) is 0 Å². The Labute approximate surface area is 69.5 Å². The lowest BCUT2D eigenvalue weighted by Crippen LogP contribution is -2.39. The topological polar surface area (TPSA) is 12.5 Å². The van der Waals surface area contributed by atoms with Crippen LogP contribution < -0.4 is 0 Å². The zero-order valence-electron chi connectivity index (χ0n) is 7.68. The maximum absolute atomic E-state index is 5.33. The molecule has 0 aromatic carbocycles. The molecule has 0 aromatic rings. The van der Waals surface area contributed by atoms with Gasteiger partial charge in [0, 0.05) is 13.7 Å². The van der Waals surface area contributed by atoms with Gasteiger partial charge in [-0.25, -0.2) is 0 Å². The molecule has 1 fully saturated rings. The van der Waals surface area contributed by atoms with Gasteiger partial charge in [-0.05, 0) is 32.4 Å². The number of nitrogens with zero attached hydrogens (tertiary/aromatic N) is 1. The highest BCUT2D eigenvalue weighted by atomic mass is 16.5. The Bertz CT molecular complexity index is 104. The maximum atomic E-state index is 5.33. The Hall–Kier alpha value is -0.0800. The molecule has 1 rings (SSSR count). The van der Waals surface area contributed by atoms with E-state index in [4.69, 9.17) is 4.74 Å². The minimum Gasteiger partial charge on any atom is -0.380 e. The second-order valence-electron chi connectivity index (χ2n) is 3.30. The van der Waals surface area contributed by atoms with Crippen molar-refractivity contribution in [2.75, 3.05) is 26.7 Å². The minimum absolute atomic E-state index is 0.496. The van der Waals surface area contributed by atoms with E-state index in [1.54, 1.807) is 0 Å². The average Bonchev–Trinajstić information content (AvgIpc) is 2.06. The van der Waals surface area contributed by atoms with Gasteiger partial charge < -0.3 is 9.64 Å². The Morgan fingerprint density at radius 2 is 2.36 bits per heavy atom. The van der Waals surface area contributed by atoms with Gasteiger partial charge in [-0.2, -0.15) is 0 Å². The number of piperidine rings is 1. The van der Waals surface area contributed by atoms with Crippen LogP contribution in [0.25, 0.3) is 0 Å². The quantitative estimate of drug-likeness (QED) is 0.615. The Kier molecular flexibility index (Phi) is 3.87. The van der Waals surface area contributed by atoms with Gasteiger partial charge in [-0.15, -0.1) is 0 Å². The van der Waals surface area contributed by atoms with Crippen LogP contribution in [0.15, 0.2) is 0 Å². The molecule has 66 valence electrons. The zero-order valence-corrected chi connectivity index (χ0v) is 7.68. The van der Waals surface area contributed by atoms with E-state index in [1.807, 2.05) is 7.11 Å². The molecule has 0 amide bonds. The third-order valence-corrected chi connectivity index (χ3v) is 2.34. The van der Waals surface area contributed by atoms with Crippen molar-refractivity contribution in [3.63, 3.8) is 0 Å². The first-order chi connectivity index (χ1) is 5.36. The summed E-state index contributed by atoms with van der Waals surface area (Å²) < 4.78 is 5.33. The van der Waals surface area contributed by atoms with Crippen LogP contribution in [-0.2, 0) is 4.74 Å². The molecule has 0 aliphatic carbocycles. The molecular weight excluding hydrogens is 138 g/mol. The van der Waals surface area contributed by atoms with Crippen LogP contribution >= 0.6 is 0 Å². The summed E-state index contributed by atoms with van der Waals surface area (Å²) in [5.74, 6) is 0. The molecule has 0 N–H and O–H groups in total. The largest absolute Gasteiger partial charge is 0.380 e. The summed E-state index contributed by atoms with van der Waals surface area (Å²) >= 11 is 0. The molecule has 1 unspecified atom stereocenters. The van der Waals surface area contributed by atoms with Gasteiger partial charge >= 0.3 is 0 Å². The molecular formula is C9H19NO. The number of rotatable bonds is 3. The summed E-state index contributed by atoms with van der Waals surface area (Å²) in [6.45, 7) is 5.88. The highest BCUT2D eigenvalue weighted by Gasteiger charge is 2.17. The fraction of sp³-hybridized carbons (Fsp3) is 1.00. The first-order valence-corrected chi connectivity index (χ1v) is 4.62. The van der Waals surface area contributed by atoms with Crippen molar-refractivity contribution in [2.24, 2.45) is 0 Å². The zero-order chi connectivity index (χ0) is 8.10. The predicted octanol–water partition coefficient (Wildman–Crippen LogP) is 1.51. The van der Waals surface area contributed by atoms with Crippen LogP contribution in [0.1, 0.15) is 26.2 Å².